The molecule has 0 fully saturated rings. The molecule has 0 spiro atoms. The minimum atomic E-state index is -0.124. The van der Waals surface area contributed by atoms with Gasteiger partial charge in [0.1, 0.15) is 0 Å². The summed E-state index contributed by atoms with van der Waals surface area (Å²) in [5, 5.41) is 7.16. The molecule has 0 aliphatic rings. The number of hydrogen-bond donors (Lipinski definition) is 2. The lowest BCUT2D eigenvalue weighted by atomic mass is 10.1. The summed E-state index contributed by atoms with van der Waals surface area (Å²) in [6.07, 6.45) is 3.33. The van der Waals surface area contributed by atoms with Crippen molar-refractivity contribution >= 4 is 11.6 Å². The summed E-state index contributed by atoms with van der Waals surface area (Å²) in [5.41, 5.74) is 8.89. The van der Waals surface area contributed by atoms with Crippen LogP contribution in [0.3, 0.4) is 0 Å². The normalized spacial score (nSPS) is 10.6. The predicted octanol–water partition coefficient (Wildman–Crippen LogP) is 1.74. The van der Waals surface area contributed by atoms with Gasteiger partial charge >= 0.3 is 0 Å². The lowest BCUT2D eigenvalue weighted by Crippen LogP contribution is -2.13. The van der Waals surface area contributed by atoms with Crippen molar-refractivity contribution in [2.75, 3.05) is 11.9 Å². The number of rotatable bonds is 5. The number of anilines is 1. The number of hydrogen-bond acceptors (Lipinski definition) is 3. The Kier molecular flexibility index (Phi) is 4.53. The second kappa shape index (κ2) is 6.34. The number of aryl methyl sites for hydroxylation is 2. The number of nitrogens with zero attached hydrogens (tertiary/aromatic N) is 2. The smallest absolute Gasteiger partial charge is 0.259 e. The number of nitrogens with two attached hydrogens (primary N) is 1. The van der Waals surface area contributed by atoms with Crippen molar-refractivity contribution in [1.29, 1.82) is 0 Å². The Morgan fingerprint density at radius 3 is 2.65 bits per heavy atom. The van der Waals surface area contributed by atoms with Crippen LogP contribution < -0.4 is 11.1 Å². The van der Waals surface area contributed by atoms with Crippen LogP contribution in [-0.2, 0) is 19.9 Å². The van der Waals surface area contributed by atoms with Crippen LogP contribution in [0.15, 0.2) is 30.5 Å². The second-order valence-corrected chi connectivity index (χ2v) is 4.71. The second-order valence-electron chi connectivity index (χ2n) is 4.71. The first-order valence-electron chi connectivity index (χ1n) is 6.77. The molecule has 106 valence electrons. The summed E-state index contributed by atoms with van der Waals surface area (Å²) < 4.78 is 1.66. The average molecular weight is 272 g/mol. The summed E-state index contributed by atoms with van der Waals surface area (Å²) in [6, 6.07) is 7.74. The molecule has 5 heteroatoms. The molecule has 20 heavy (non-hydrogen) atoms. The summed E-state index contributed by atoms with van der Waals surface area (Å²) in [6.45, 7) is 2.61. The van der Waals surface area contributed by atoms with Crippen molar-refractivity contribution in [2.45, 2.75) is 19.8 Å². The van der Waals surface area contributed by atoms with E-state index >= 15 is 0 Å². The van der Waals surface area contributed by atoms with Gasteiger partial charge in [0.2, 0.25) is 0 Å². The highest BCUT2D eigenvalue weighted by Gasteiger charge is 2.14. The fourth-order valence-corrected chi connectivity index (χ4v) is 2.11. The highest BCUT2D eigenvalue weighted by Crippen LogP contribution is 2.13. The molecule has 0 atom stereocenters. The Bertz CT molecular complexity index is 586. The molecule has 0 unspecified atom stereocenters. The first kappa shape index (κ1) is 14.3. The largest absolute Gasteiger partial charge is 0.330 e. The van der Waals surface area contributed by atoms with Crippen LogP contribution in [-0.4, -0.2) is 22.2 Å². The maximum atomic E-state index is 12.2. The van der Waals surface area contributed by atoms with Crippen molar-refractivity contribution < 1.29 is 4.79 Å². The van der Waals surface area contributed by atoms with Gasteiger partial charge in [0.05, 0.1) is 11.3 Å². The lowest BCUT2D eigenvalue weighted by molar-refractivity contribution is 0.102. The number of amides is 1. The van der Waals surface area contributed by atoms with Crippen LogP contribution in [0.2, 0.25) is 0 Å². The summed E-state index contributed by atoms with van der Waals surface area (Å²) in [7, 11) is 1.82. The summed E-state index contributed by atoms with van der Waals surface area (Å²) in [4.78, 5) is 12.2. The maximum Gasteiger partial charge on any atom is 0.259 e. The van der Waals surface area contributed by atoms with Gasteiger partial charge in [-0.2, -0.15) is 5.10 Å². The van der Waals surface area contributed by atoms with Crippen LogP contribution in [0.25, 0.3) is 0 Å². The topological polar surface area (TPSA) is 72.9 Å². The van der Waals surface area contributed by atoms with Crippen molar-refractivity contribution in [3.05, 3.63) is 47.3 Å². The summed E-state index contributed by atoms with van der Waals surface area (Å²) >= 11 is 0. The molecule has 2 aromatic rings. The minimum absolute atomic E-state index is 0.124. The van der Waals surface area contributed by atoms with Crippen LogP contribution >= 0.6 is 0 Å². The van der Waals surface area contributed by atoms with Gasteiger partial charge < -0.3 is 11.1 Å². The Labute approximate surface area is 118 Å². The summed E-state index contributed by atoms with van der Waals surface area (Å²) in [5.74, 6) is -0.124. The van der Waals surface area contributed by atoms with E-state index in [0.29, 0.717) is 12.1 Å². The van der Waals surface area contributed by atoms with Crippen molar-refractivity contribution in [3.63, 3.8) is 0 Å². The monoisotopic (exact) mass is 272 g/mol. The molecular formula is C15H20N4O. The zero-order valence-electron chi connectivity index (χ0n) is 11.9. The SMILES string of the molecule is CCc1nn(C)cc1C(=O)Nc1ccc(CCN)cc1. The Morgan fingerprint density at radius 1 is 1.35 bits per heavy atom. The van der Waals surface area contributed by atoms with E-state index in [1.165, 1.54) is 5.56 Å². The molecule has 5 nitrogen and oxygen atoms in total. The molecule has 0 bridgehead atoms. The number of benzene rings is 1. The van der Waals surface area contributed by atoms with Gasteiger partial charge in [-0.05, 0) is 37.1 Å². The Balaban J connectivity index is 2.10. The fourth-order valence-electron chi connectivity index (χ4n) is 2.11. The van der Waals surface area contributed by atoms with Gasteiger partial charge in [-0.3, -0.25) is 9.48 Å². The quantitative estimate of drug-likeness (QED) is 0.870. The lowest BCUT2D eigenvalue weighted by Gasteiger charge is -2.06. The first-order valence-corrected chi connectivity index (χ1v) is 6.77. The molecule has 1 aromatic heterocycles. The zero-order valence-corrected chi connectivity index (χ0v) is 11.9. The van der Waals surface area contributed by atoms with Gasteiger partial charge in [0.25, 0.3) is 5.91 Å². The first-order chi connectivity index (χ1) is 9.63. The zero-order chi connectivity index (χ0) is 14.5. The van der Waals surface area contributed by atoms with E-state index in [1.807, 2.05) is 38.2 Å². The molecular weight excluding hydrogens is 252 g/mol. The number of carbonyl (C=O) groups is 1. The minimum Gasteiger partial charge on any atom is -0.330 e. The number of carbonyl (C=O) groups excluding carboxylic acids is 1. The van der Waals surface area contributed by atoms with Gasteiger partial charge in [-0.15, -0.1) is 0 Å². The molecule has 0 aliphatic carbocycles. The fraction of sp³-hybridized carbons (Fsp3) is 0.333. The van der Waals surface area contributed by atoms with E-state index in [0.717, 1.165) is 24.2 Å². The third kappa shape index (κ3) is 3.24. The molecule has 3 N–H and O–H groups in total. The van der Waals surface area contributed by atoms with Gasteiger partial charge in [0, 0.05) is 18.9 Å². The van der Waals surface area contributed by atoms with Crippen LogP contribution in [0, 0.1) is 0 Å². The third-order valence-electron chi connectivity index (χ3n) is 3.13. The third-order valence-corrected chi connectivity index (χ3v) is 3.13. The van der Waals surface area contributed by atoms with Gasteiger partial charge in [-0.1, -0.05) is 19.1 Å². The highest BCUT2D eigenvalue weighted by atomic mass is 16.1. The number of nitrogens with one attached hydrogen (secondary N) is 1. The molecule has 1 aromatic carbocycles. The molecule has 0 radical (unpaired) electrons. The van der Waals surface area contributed by atoms with E-state index < -0.39 is 0 Å². The molecule has 2 rings (SSSR count). The van der Waals surface area contributed by atoms with Crippen molar-refractivity contribution in [2.24, 2.45) is 12.8 Å². The van der Waals surface area contributed by atoms with Crippen LogP contribution in [0.5, 0.6) is 0 Å². The van der Waals surface area contributed by atoms with E-state index in [-0.39, 0.29) is 5.91 Å². The average Bonchev–Trinajstić information content (AvgIpc) is 2.82. The standard InChI is InChI=1S/C15H20N4O/c1-3-14-13(10-19(2)18-14)15(20)17-12-6-4-11(5-7-12)8-9-16/h4-7,10H,3,8-9,16H2,1-2H3,(H,17,20). The molecule has 1 amide bonds. The van der Waals surface area contributed by atoms with Crippen LogP contribution in [0.4, 0.5) is 5.69 Å². The Morgan fingerprint density at radius 2 is 2.05 bits per heavy atom. The van der Waals surface area contributed by atoms with Crippen molar-refractivity contribution in [3.8, 4) is 0 Å². The van der Waals surface area contributed by atoms with Gasteiger partial charge in [-0.25, -0.2) is 0 Å². The van der Waals surface area contributed by atoms with E-state index in [2.05, 4.69) is 10.4 Å². The van der Waals surface area contributed by atoms with Crippen molar-refractivity contribution in [1.82, 2.24) is 9.78 Å². The molecule has 0 saturated heterocycles. The van der Waals surface area contributed by atoms with E-state index in [4.69, 9.17) is 5.73 Å². The maximum absolute atomic E-state index is 12.2. The van der Waals surface area contributed by atoms with E-state index in [1.54, 1.807) is 10.9 Å². The van der Waals surface area contributed by atoms with Gasteiger partial charge in [0.15, 0.2) is 0 Å². The highest BCUT2D eigenvalue weighted by molar-refractivity contribution is 6.04. The Hall–Kier alpha value is -2.14. The predicted molar refractivity (Wildman–Crippen MR) is 79.7 cm³/mol. The molecule has 1 heterocycles. The molecule has 0 saturated carbocycles. The van der Waals surface area contributed by atoms with Crippen LogP contribution in [0.1, 0.15) is 28.5 Å². The van der Waals surface area contributed by atoms with E-state index in [9.17, 15) is 4.79 Å². The molecule has 0 aliphatic heterocycles. The number of aromatic nitrogens is 2.